The maximum Gasteiger partial charge on any atom is 0.233 e. The quantitative estimate of drug-likeness (QED) is 0.814. The molecule has 3 amide bonds. The molecule has 2 bridgehead atoms. The summed E-state index contributed by atoms with van der Waals surface area (Å²) < 4.78 is 0. The van der Waals surface area contributed by atoms with Crippen LogP contribution < -0.4 is 5.32 Å². The number of imide groups is 1. The Balaban J connectivity index is 1.38. The monoisotopic (exact) mass is 380 g/mol. The van der Waals surface area contributed by atoms with Crippen molar-refractivity contribution >= 4 is 46.6 Å². The molecule has 1 aromatic rings. The van der Waals surface area contributed by atoms with E-state index >= 15 is 0 Å². The van der Waals surface area contributed by atoms with Gasteiger partial charge < -0.3 is 5.32 Å². The molecule has 3 aliphatic rings. The second kappa shape index (κ2) is 6.29. The van der Waals surface area contributed by atoms with Crippen LogP contribution in [-0.2, 0) is 14.4 Å². The highest BCUT2D eigenvalue weighted by atomic mass is 35.5. The predicted molar refractivity (Wildman–Crippen MR) is 94.2 cm³/mol. The fraction of sp³-hybridized carbons (Fsp3) is 0.500. The van der Waals surface area contributed by atoms with E-state index in [9.17, 15) is 14.4 Å². The van der Waals surface area contributed by atoms with Crippen LogP contribution in [0.5, 0.6) is 0 Å². The van der Waals surface area contributed by atoms with Crippen molar-refractivity contribution in [3.8, 4) is 0 Å². The van der Waals surface area contributed by atoms with Gasteiger partial charge in [0.1, 0.15) is 0 Å². The summed E-state index contributed by atoms with van der Waals surface area (Å²) in [7, 11) is 0. The lowest BCUT2D eigenvalue weighted by molar-refractivity contribution is -0.140. The van der Waals surface area contributed by atoms with Crippen molar-refractivity contribution in [2.24, 2.45) is 23.7 Å². The summed E-state index contributed by atoms with van der Waals surface area (Å²) in [5.41, 5.74) is 0.424. The van der Waals surface area contributed by atoms with Crippen molar-refractivity contribution in [2.45, 2.75) is 25.7 Å². The number of halogens is 2. The van der Waals surface area contributed by atoms with Crippen molar-refractivity contribution in [2.75, 3.05) is 11.9 Å². The Labute approximate surface area is 155 Å². The third-order valence-corrected chi connectivity index (χ3v) is 6.63. The number of benzene rings is 1. The summed E-state index contributed by atoms with van der Waals surface area (Å²) in [5, 5.41) is 3.31. The summed E-state index contributed by atoms with van der Waals surface area (Å²) in [6.45, 7) is 0.119. The van der Waals surface area contributed by atoms with Gasteiger partial charge in [0, 0.05) is 13.0 Å². The number of amides is 3. The van der Waals surface area contributed by atoms with Crippen LogP contribution in [0.1, 0.15) is 25.7 Å². The molecular formula is C18H18Cl2N2O3. The number of carbonyl (C=O) groups is 3. The fourth-order valence-electron chi connectivity index (χ4n) is 4.72. The summed E-state index contributed by atoms with van der Waals surface area (Å²) >= 11 is 12.0. The van der Waals surface area contributed by atoms with Crippen LogP contribution in [0.25, 0.3) is 0 Å². The minimum absolute atomic E-state index is 0.0507. The van der Waals surface area contributed by atoms with E-state index in [0.717, 1.165) is 19.3 Å². The summed E-state index contributed by atoms with van der Waals surface area (Å²) in [6, 6.07) is 4.98. The minimum Gasteiger partial charge on any atom is -0.325 e. The maximum absolute atomic E-state index is 12.6. The van der Waals surface area contributed by atoms with E-state index in [-0.39, 0.29) is 47.5 Å². The Hall–Kier alpha value is -1.59. The summed E-state index contributed by atoms with van der Waals surface area (Å²) in [4.78, 5) is 38.6. The van der Waals surface area contributed by atoms with Gasteiger partial charge in [-0.2, -0.15) is 0 Å². The minimum atomic E-state index is -0.301. The average Bonchev–Trinajstić information content (AvgIpc) is 3.25. The van der Waals surface area contributed by atoms with E-state index in [1.807, 2.05) is 0 Å². The van der Waals surface area contributed by atoms with Crippen molar-refractivity contribution in [3.63, 3.8) is 0 Å². The van der Waals surface area contributed by atoms with E-state index in [1.54, 1.807) is 18.2 Å². The molecule has 4 rings (SSSR count). The molecule has 1 aliphatic heterocycles. The third-order valence-electron chi connectivity index (χ3n) is 5.81. The Morgan fingerprint density at radius 2 is 1.76 bits per heavy atom. The molecule has 0 radical (unpaired) electrons. The first-order valence-corrected chi connectivity index (χ1v) is 9.32. The van der Waals surface area contributed by atoms with Gasteiger partial charge in [0.15, 0.2) is 0 Å². The molecule has 7 heteroatoms. The van der Waals surface area contributed by atoms with E-state index < -0.39 is 0 Å². The van der Waals surface area contributed by atoms with Crippen molar-refractivity contribution < 1.29 is 14.4 Å². The predicted octanol–water partition coefficient (Wildman–Crippen LogP) is 3.35. The molecule has 4 atom stereocenters. The molecule has 132 valence electrons. The fourth-order valence-corrected chi connectivity index (χ4v) is 5.07. The van der Waals surface area contributed by atoms with Gasteiger partial charge >= 0.3 is 0 Å². The van der Waals surface area contributed by atoms with E-state index in [1.165, 1.54) is 4.90 Å². The van der Waals surface area contributed by atoms with Gasteiger partial charge in [0.05, 0.1) is 27.6 Å². The topological polar surface area (TPSA) is 66.5 Å². The van der Waals surface area contributed by atoms with Crippen LogP contribution in [0.15, 0.2) is 18.2 Å². The molecule has 0 unspecified atom stereocenters. The number of carbonyl (C=O) groups excluding carboxylic acids is 3. The first-order chi connectivity index (χ1) is 12.0. The van der Waals surface area contributed by atoms with Gasteiger partial charge in [-0.15, -0.1) is 0 Å². The number of nitrogens with one attached hydrogen (secondary N) is 1. The molecule has 0 aromatic heterocycles. The van der Waals surface area contributed by atoms with E-state index in [0.29, 0.717) is 22.5 Å². The second-order valence-electron chi connectivity index (χ2n) is 7.11. The van der Waals surface area contributed by atoms with Gasteiger partial charge in [0.2, 0.25) is 17.7 Å². The highest BCUT2D eigenvalue weighted by Crippen LogP contribution is 2.56. The maximum atomic E-state index is 12.6. The number of hydrogen-bond donors (Lipinski definition) is 1. The Bertz CT molecular complexity index is 739. The first kappa shape index (κ1) is 16.9. The molecule has 3 fully saturated rings. The number of rotatable bonds is 4. The lowest BCUT2D eigenvalue weighted by Crippen LogP contribution is -2.35. The number of nitrogens with zero attached hydrogens (tertiary/aromatic N) is 1. The molecule has 1 heterocycles. The van der Waals surface area contributed by atoms with Gasteiger partial charge in [-0.05, 0) is 43.2 Å². The third kappa shape index (κ3) is 2.74. The molecule has 2 saturated carbocycles. The highest BCUT2D eigenvalue weighted by Gasteiger charge is 2.60. The first-order valence-electron chi connectivity index (χ1n) is 8.56. The van der Waals surface area contributed by atoms with Gasteiger partial charge in [0.25, 0.3) is 0 Å². The molecule has 1 saturated heterocycles. The molecule has 1 N–H and O–H groups in total. The highest BCUT2D eigenvalue weighted by molar-refractivity contribution is 6.44. The Kier molecular flexibility index (Phi) is 4.24. The zero-order valence-electron chi connectivity index (χ0n) is 13.5. The molecule has 2 aliphatic carbocycles. The zero-order valence-corrected chi connectivity index (χ0v) is 15.0. The number of fused-ring (bicyclic) bond motifs is 5. The second-order valence-corrected chi connectivity index (χ2v) is 7.90. The largest absolute Gasteiger partial charge is 0.325 e. The number of hydrogen-bond acceptors (Lipinski definition) is 3. The van der Waals surface area contributed by atoms with E-state index in [2.05, 4.69) is 5.32 Å². The van der Waals surface area contributed by atoms with Crippen LogP contribution >= 0.6 is 23.2 Å². The summed E-state index contributed by atoms with van der Waals surface area (Å²) in [5.74, 6) is -0.0455. The van der Waals surface area contributed by atoms with Crippen LogP contribution in [0, 0.1) is 23.7 Å². The molecule has 1 aromatic carbocycles. The van der Waals surface area contributed by atoms with Crippen molar-refractivity contribution in [1.29, 1.82) is 0 Å². The lowest BCUT2D eigenvalue weighted by atomic mass is 9.81. The molecule has 5 nitrogen and oxygen atoms in total. The van der Waals surface area contributed by atoms with Crippen LogP contribution in [0.2, 0.25) is 10.0 Å². The van der Waals surface area contributed by atoms with E-state index in [4.69, 9.17) is 23.2 Å². The van der Waals surface area contributed by atoms with Crippen LogP contribution in [0.3, 0.4) is 0 Å². The normalized spacial score (nSPS) is 30.1. The van der Waals surface area contributed by atoms with Gasteiger partial charge in [-0.25, -0.2) is 0 Å². The molecular weight excluding hydrogens is 363 g/mol. The van der Waals surface area contributed by atoms with Crippen molar-refractivity contribution in [1.82, 2.24) is 4.90 Å². The van der Waals surface area contributed by atoms with Crippen LogP contribution in [0.4, 0.5) is 5.69 Å². The smallest absolute Gasteiger partial charge is 0.233 e. The zero-order chi connectivity index (χ0) is 17.7. The average molecular weight is 381 g/mol. The SMILES string of the molecule is O=C(CCN1C(=O)[C@@H]2[C@@H]3CC[C@H](C3)[C@@H]2C1=O)Nc1cccc(Cl)c1Cl. The summed E-state index contributed by atoms with van der Waals surface area (Å²) in [6.07, 6.45) is 3.16. The number of anilines is 1. The van der Waals surface area contributed by atoms with Crippen LogP contribution in [-0.4, -0.2) is 29.2 Å². The Morgan fingerprint density at radius 3 is 2.40 bits per heavy atom. The van der Waals surface area contributed by atoms with Gasteiger partial charge in [-0.1, -0.05) is 29.3 Å². The van der Waals surface area contributed by atoms with Crippen molar-refractivity contribution in [3.05, 3.63) is 28.2 Å². The lowest BCUT2D eigenvalue weighted by Gasteiger charge is -2.19. The Morgan fingerprint density at radius 1 is 1.12 bits per heavy atom. The standard InChI is InChI=1S/C18H18Cl2N2O3/c19-11-2-1-3-12(16(11)20)21-13(23)6-7-22-17(24)14-9-4-5-10(8-9)15(14)18(22)25/h1-3,9-10,14-15H,4-8H2,(H,21,23)/t9-,10-,14-,15+/m1/s1. The molecule has 25 heavy (non-hydrogen) atoms. The van der Waals surface area contributed by atoms with Gasteiger partial charge in [-0.3, -0.25) is 19.3 Å². The number of likely N-dealkylation sites (tertiary alicyclic amines) is 1. The molecule has 0 spiro atoms.